The van der Waals surface area contributed by atoms with Crippen molar-refractivity contribution < 1.29 is 0 Å². The molecule has 0 N–H and O–H groups in total. The number of hydrogen-bond acceptors (Lipinski definition) is 4. The van der Waals surface area contributed by atoms with E-state index in [2.05, 4.69) is 44.2 Å². The van der Waals surface area contributed by atoms with Crippen molar-refractivity contribution in [1.29, 1.82) is 0 Å². The third kappa shape index (κ3) is 3.03. The van der Waals surface area contributed by atoms with Gasteiger partial charge < -0.3 is 4.90 Å². The summed E-state index contributed by atoms with van der Waals surface area (Å²) in [5.41, 5.74) is 4.43. The second kappa shape index (κ2) is 6.33. The maximum atomic E-state index is 6.01. The van der Waals surface area contributed by atoms with Crippen LogP contribution in [0.5, 0.6) is 0 Å². The smallest absolute Gasteiger partial charge is 0.248 e. The molecule has 2 heterocycles. The minimum absolute atomic E-state index is 0.0805. The number of aliphatic imine (C=N–C) groups is 1. The molecular formula is C19H18ClN5. The normalized spacial score (nSPS) is 16.3. The van der Waals surface area contributed by atoms with Crippen LogP contribution in [0.3, 0.4) is 0 Å². The van der Waals surface area contributed by atoms with E-state index in [0.717, 1.165) is 22.7 Å². The van der Waals surface area contributed by atoms with Gasteiger partial charge >= 0.3 is 0 Å². The molecule has 0 fully saturated rings. The minimum atomic E-state index is 0.0805. The molecule has 1 aromatic heterocycles. The van der Waals surface area contributed by atoms with Gasteiger partial charge in [0.25, 0.3) is 0 Å². The van der Waals surface area contributed by atoms with Crippen molar-refractivity contribution in [2.24, 2.45) is 4.99 Å². The zero-order valence-corrected chi connectivity index (χ0v) is 14.9. The van der Waals surface area contributed by atoms with E-state index in [-0.39, 0.29) is 6.04 Å². The number of fused-ring (bicyclic) bond motifs is 1. The Hall–Kier alpha value is -2.66. The van der Waals surface area contributed by atoms with Crippen LogP contribution in [0.25, 0.3) is 0 Å². The molecule has 0 bridgehead atoms. The Kier molecular flexibility index (Phi) is 4.01. The second-order valence-electron chi connectivity index (χ2n) is 6.28. The first kappa shape index (κ1) is 15.8. The van der Waals surface area contributed by atoms with Crippen molar-refractivity contribution in [2.75, 3.05) is 19.0 Å². The number of rotatable bonds is 3. The summed E-state index contributed by atoms with van der Waals surface area (Å²) in [6.45, 7) is 0. The molecule has 25 heavy (non-hydrogen) atoms. The first-order chi connectivity index (χ1) is 12.1. The van der Waals surface area contributed by atoms with E-state index in [1.54, 1.807) is 6.33 Å². The predicted molar refractivity (Wildman–Crippen MR) is 101 cm³/mol. The lowest BCUT2D eigenvalue weighted by atomic mass is 9.96. The lowest BCUT2D eigenvalue weighted by Gasteiger charge is -2.24. The third-order valence-electron chi connectivity index (χ3n) is 4.44. The fraction of sp³-hybridized carbons (Fsp3) is 0.211. The summed E-state index contributed by atoms with van der Waals surface area (Å²) in [5, 5.41) is 5.10. The highest BCUT2D eigenvalue weighted by molar-refractivity contribution is 6.30. The Balaban J connectivity index is 1.72. The van der Waals surface area contributed by atoms with E-state index < -0.39 is 0 Å². The number of hydrogen-bond donors (Lipinski definition) is 0. The van der Waals surface area contributed by atoms with Gasteiger partial charge in [-0.1, -0.05) is 35.9 Å². The lowest BCUT2D eigenvalue weighted by molar-refractivity contribution is 0.531. The molecule has 3 aromatic rings. The first-order valence-corrected chi connectivity index (χ1v) is 8.50. The number of aromatic nitrogens is 3. The summed E-state index contributed by atoms with van der Waals surface area (Å²) < 4.78 is 1.89. The lowest BCUT2D eigenvalue weighted by Crippen LogP contribution is -2.21. The molecule has 0 amide bonds. The minimum Gasteiger partial charge on any atom is -0.378 e. The molecule has 1 unspecified atom stereocenters. The molecule has 0 radical (unpaired) electrons. The summed E-state index contributed by atoms with van der Waals surface area (Å²) in [7, 11) is 4.08. The summed E-state index contributed by atoms with van der Waals surface area (Å²) >= 11 is 6.01. The van der Waals surface area contributed by atoms with Crippen molar-refractivity contribution in [2.45, 2.75) is 12.5 Å². The van der Waals surface area contributed by atoms with Crippen LogP contribution in [0.4, 0.5) is 11.6 Å². The molecule has 2 aromatic carbocycles. The zero-order chi connectivity index (χ0) is 17.4. The Morgan fingerprint density at radius 3 is 2.44 bits per heavy atom. The number of nitrogens with zero attached hydrogens (tertiary/aromatic N) is 5. The summed E-state index contributed by atoms with van der Waals surface area (Å²) in [4.78, 5) is 11.1. The summed E-state index contributed by atoms with van der Waals surface area (Å²) in [5.74, 6) is 0.637. The molecule has 126 valence electrons. The Morgan fingerprint density at radius 2 is 1.76 bits per heavy atom. The Bertz CT molecular complexity index is 910. The fourth-order valence-corrected chi connectivity index (χ4v) is 3.18. The monoisotopic (exact) mass is 351 g/mol. The van der Waals surface area contributed by atoms with Gasteiger partial charge in [-0.15, -0.1) is 0 Å². The molecule has 0 saturated carbocycles. The molecular weight excluding hydrogens is 334 g/mol. The third-order valence-corrected chi connectivity index (χ3v) is 4.69. The molecule has 1 atom stereocenters. The van der Waals surface area contributed by atoms with Crippen LogP contribution >= 0.6 is 11.6 Å². The second-order valence-corrected chi connectivity index (χ2v) is 6.71. The van der Waals surface area contributed by atoms with Gasteiger partial charge in [-0.05, 0) is 35.4 Å². The molecule has 4 rings (SSSR count). The number of halogens is 1. The standard InChI is InChI=1S/C19H18ClN5/c1-24(2)16-9-5-14(6-10-16)18-11-17(13-3-7-15(20)8-4-13)23-19-21-12-22-25(18)19/h3-10,12,18H,11H2,1-2H3. The molecule has 0 saturated heterocycles. The quantitative estimate of drug-likeness (QED) is 0.713. The predicted octanol–water partition coefficient (Wildman–Crippen LogP) is 4.11. The van der Waals surface area contributed by atoms with E-state index in [9.17, 15) is 0 Å². The van der Waals surface area contributed by atoms with Gasteiger partial charge in [-0.2, -0.15) is 10.1 Å². The molecule has 0 spiro atoms. The van der Waals surface area contributed by atoms with Crippen molar-refractivity contribution >= 4 is 28.9 Å². The highest BCUT2D eigenvalue weighted by Crippen LogP contribution is 2.33. The number of benzene rings is 2. The van der Waals surface area contributed by atoms with Crippen molar-refractivity contribution in [3.8, 4) is 0 Å². The fourth-order valence-electron chi connectivity index (χ4n) is 3.06. The maximum Gasteiger partial charge on any atom is 0.248 e. The van der Waals surface area contributed by atoms with E-state index in [0.29, 0.717) is 5.95 Å². The van der Waals surface area contributed by atoms with E-state index in [1.807, 2.05) is 43.0 Å². The largest absolute Gasteiger partial charge is 0.378 e. The van der Waals surface area contributed by atoms with Crippen LogP contribution in [0.1, 0.15) is 23.6 Å². The molecule has 6 heteroatoms. The average Bonchev–Trinajstić information content (AvgIpc) is 3.10. The van der Waals surface area contributed by atoms with E-state index in [1.165, 1.54) is 11.3 Å². The topological polar surface area (TPSA) is 46.3 Å². The highest BCUT2D eigenvalue weighted by Gasteiger charge is 2.26. The van der Waals surface area contributed by atoms with Gasteiger partial charge in [-0.3, -0.25) is 0 Å². The van der Waals surface area contributed by atoms with E-state index >= 15 is 0 Å². The number of anilines is 1. The van der Waals surface area contributed by atoms with Gasteiger partial charge in [-0.25, -0.2) is 9.67 Å². The average molecular weight is 352 g/mol. The molecule has 1 aliphatic rings. The molecule has 1 aliphatic heterocycles. The van der Waals surface area contributed by atoms with Gasteiger partial charge in [0.1, 0.15) is 6.33 Å². The summed E-state index contributed by atoms with van der Waals surface area (Å²) in [6.07, 6.45) is 2.32. The van der Waals surface area contributed by atoms with Gasteiger partial charge in [0.05, 0.1) is 11.8 Å². The molecule has 0 aliphatic carbocycles. The SMILES string of the molecule is CN(C)c1ccc(C2CC(c3ccc(Cl)cc3)=Nc3ncnn32)cc1. The van der Waals surface area contributed by atoms with Gasteiger partial charge in [0.15, 0.2) is 0 Å². The first-order valence-electron chi connectivity index (χ1n) is 8.12. The van der Waals surface area contributed by atoms with Crippen LogP contribution in [-0.4, -0.2) is 34.6 Å². The highest BCUT2D eigenvalue weighted by atomic mass is 35.5. The van der Waals surface area contributed by atoms with Crippen molar-refractivity contribution in [3.63, 3.8) is 0 Å². The van der Waals surface area contributed by atoms with Crippen LogP contribution in [0, 0.1) is 0 Å². The zero-order valence-electron chi connectivity index (χ0n) is 14.1. The Morgan fingerprint density at radius 1 is 1.04 bits per heavy atom. The molecule has 5 nitrogen and oxygen atoms in total. The Labute approximate surface area is 151 Å². The van der Waals surface area contributed by atoms with Gasteiger partial charge in [0.2, 0.25) is 5.95 Å². The van der Waals surface area contributed by atoms with Crippen molar-refractivity contribution in [3.05, 3.63) is 71.0 Å². The van der Waals surface area contributed by atoms with Crippen LogP contribution in [-0.2, 0) is 0 Å². The van der Waals surface area contributed by atoms with Gasteiger partial charge in [0, 0.05) is 31.2 Å². The van der Waals surface area contributed by atoms with E-state index in [4.69, 9.17) is 11.6 Å². The van der Waals surface area contributed by atoms with Crippen LogP contribution in [0.2, 0.25) is 5.02 Å². The summed E-state index contributed by atoms with van der Waals surface area (Å²) in [6, 6.07) is 16.4. The maximum absolute atomic E-state index is 6.01. The van der Waals surface area contributed by atoms with Crippen molar-refractivity contribution in [1.82, 2.24) is 14.8 Å². The van der Waals surface area contributed by atoms with Crippen LogP contribution < -0.4 is 4.90 Å². The van der Waals surface area contributed by atoms with Crippen LogP contribution in [0.15, 0.2) is 59.9 Å².